The molecule has 0 bridgehead atoms. The lowest BCUT2D eigenvalue weighted by molar-refractivity contribution is 0.0930. The predicted octanol–water partition coefficient (Wildman–Crippen LogP) is 0.953. The number of aromatic nitrogens is 2. The van der Waals surface area contributed by atoms with Crippen molar-refractivity contribution in [3.8, 4) is 0 Å². The Hall–Kier alpha value is -2.18. The zero-order valence-electron chi connectivity index (χ0n) is 13.3. The Bertz CT molecular complexity index is 667. The van der Waals surface area contributed by atoms with E-state index >= 15 is 0 Å². The van der Waals surface area contributed by atoms with Gasteiger partial charge in [0.25, 0.3) is 5.91 Å². The van der Waals surface area contributed by atoms with E-state index in [2.05, 4.69) is 27.9 Å². The maximum atomic E-state index is 12.4. The number of carbonyl (C=O) groups excluding carboxylic acids is 1. The molecule has 0 spiro atoms. The summed E-state index contributed by atoms with van der Waals surface area (Å²) in [5.74, 6) is -0.131. The number of nitrogens with zero attached hydrogens (tertiary/aromatic N) is 2. The molecule has 1 amide bonds. The van der Waals surface area contributed by atoms with Crippen LogP contribution in [0.1, 0.15) is 27.3 Å². The highest BCUT2D eigenvalue weighted by Crippen LogP contribution is 2.19. The summed E-state index contributed by atoms with van der Waals surface area (Å²) in [4.78, 5) is 12.4. The molecule has 1 aromatic carbocycles. The molecular weight excluding hydrogens is 292 g/mol. The highest BCUT2D eigenvalue weighted by Gasteiger charge is 2.24. The molecule has 0 atom stereocenters. The Morgan fingerprint density at radius 2 is 2.22 bits per heavy atom. The van der Waals surface area contributed by atoms with Gasteiger partial charge in [-0.25, -0.2) is 0 Å². The van der Waals surface area contributed by atoms with Gasteiger partial charge in [-0.2, -0.15) is 5.10 Å². The molecule has 23 heavy (non-hydrogen) atoms. The third-order valence-corrected chi connectivity index (χ3v) is 3.99. The third-order valence-electron chi connectivity index (χ3n) is 3.99. The van der Waals surface area contributed by atoms with Crippen molar-refractivity contribution < 1.29 is 9.53 Å². The van der Waals surface area contributed by atoms with Crippen molar-refractivity contribution >= 4 is 5.91 Å². The van der Waals surface area contributed by atoms with Crippen LogP contribution < -0.4 is 10.6 Å². The first kappa shape index (κ1) is 15.7. The van der Waals surface area contributed by atoms with Crippen LogP contribution in [-0.4, -0.2) is 42.5 Å². The molecule has 0 radical (unpaired) electrons. The summed E-state index contributed by atoms with van der Waals surface area (Å²) in [7, 11) is 1.62. The second-order valence-electron chi connectivity index (χ2n) is 5.59. The summed E-state index contributed by atoms with van der Waals surface area (Å²) >= 11 is 0. The minimum atomic E-state index is -0.131. The molecular formula is C17H22N4O2. The Labute approximate surface area is 135 Å². The van der Waals surface area contributed by atoms with Gasteiger partial charge in [0.1, 0.15) is 0 Å². The Kier molecular flexibility index (Phi) is 5.05. The van der Waals surface area contributed by atoms with Crippen molar-refractivity contribution in [3.63, 3.8) is 0 Å². The molecule has 1 aliphatic rings. The number of hydrogen-bond donors (Lipinski definition) is 2. The van der Waals surface area contributed by atoms with Crippen LogP contribution in [0.2, 0.25) is 0 Å². The predicted molar refractivity (Wildman–Crippen MR) is 87.4 cm³/mol. The van der Waals surface area contributed by atoms with E-state index in [1.807, 2.05) is 22.9 Å². The number of carbonyl (C=O) groups is 1. The number of methoxy groups -OCH3 is 1. The van der Waals surface area contributed by atoms with Gasteiger partial charge in [-0.15, -0.1) is 0 Å². The van der Waals surface area contributed by atoms with Gasteiger partial charge in [0.05, 0.1) is 13.2 Å². The van der Waals surface area contributed by atoms with Crippen molar-refractivity contribution in [1.82, 2.24) is 20.4 Å². The lowest BCUT2D eigenvalue weighted by Crippen LogP contribution is -2.30. The number of amides is 1. The second-order valence-corrected chi connectivity index (χ2v) is 5.59. The molecule has 122 valence electrons. The topological polar surface area (TPSA) is 68.2 Å². The fraction of sp³-hybridized carbons (Fsp3) is 0.412. The van der Waals surface area contributed by atoms with E-state index in [0.717, 1.165) is 24.2 Å². The summed E-state index contributed by atoms with van der Waals surface area (Å²) < 4.78 is 6.94. The first-order valence-electron chi connectivity index (χ1n) is 7.90. The third kappa shape index (κ3) is 3.60. The number of rotatable bonds is 6. The fourth-order valence-electron chi connectivity index (χ4n) is 2.84. The smallest absolute Gasteiger partial charge is 0.272 e. The number of fused-ring (bicyclic) bond motifs is 1. The molecule has 1 aromatic heterocycles. The van der Waals surface area contributed by atoms with Crippen LogP contribution in [0.4, 0.5) is 0 Å². The molecule has 1 aliphatic heterocycles. The number of hydrogen-bond acceptors (Lipinski definition) is 4. The first-order chi connectivity index (χ1) is 11.3. The van der Waals surface area contributed by atoms with E-state index in [1.165, 1.54) is 5.56 Å². The van der Waals surface area contributed by atoms with E-state index in [-0.39, 0.29) is 5.91 Å². The van der Waals surface area contributed by atoms with Crippen molar-refractivity contribution in [1.29, 1.82) is 0 Å². The minimum Gasteiger partial charge on any atom is -0.383 e. The molecule has 0 saturated heterocycles. The maximum absolute atomic E-state index is 12.4. The second kappa shape index (κ2) is 7.39. The van der Waals surface area contributed by atoms with E-state index in [1.54, 1.807) is 7.11 Å². The van der Waals surface area contributed by atoms with Crippen LogP contribution >= 0.6 is 0 Å². The van der Waals surface area contributed by atoms with E-state index < -0.39 is 0 Å². The van der Waals surface area contributed by atoms with Crippen molar-refractivity contribution in [3.05, 3.63) is 52.8 Å². The highest BCUT2D eigenvalue weighted by atomic mass is 16.5. The van der Waals surface area contributed by atoms with Gasteiger partial charge >= 0.3 is 0 Å². The quantitative estimate of drug-likeness (QED) is 0.779. The van der Waals surface area contributed by atoms with Crippen LogP contribution in [0.5, 0.6) is 0 Å². The molecule has 0 fully saturated rings. The van der Waals surface area contributed by atoms with Crippen LogP contribution in [0.15, 0.2) is 30.3 Å². The standard InChI is InChI=1S/C17H22N4O2/c1-23-10-9-19-17(22)16-14-11-18-8-7-15(14)21(20-16)12-13-5-3-2-4-6-13/h2-6,18H,7-12H2,1H3,(H,19,22). The first-order valence-corrected chi connectivity index (χ1v) is 7.90. The van der Waals surface area contributed by atoms with Gasteiger partial charge < -0.3 is 15.4 Å². The largest absolute Gasteiger partial charge is 0.383 e. The SMILES string of the molecule is COCCNC(=O)c1nn(Cc2ccccc2)c2c1CNCC2. The number of ether oxygens (including phenoxy) is 1. The molecule has 2 heterocycles. The van der Waals surface area contributed by atoms with Gasteiger partial charge in [0, 0.05) is 44.4 Å². The van der Waals surface area contributed by atoms with E-state index in [0.29, 0.717) is 31.9 Å². The van der Waals surface area contributed by atoms with Crippen LogP contribution in [-0.2, 0) is 24.2 Å². The van der Waals surface area contributed by atoms with Crippen molar-refractivity contribution in [2.75, 3.05) is 26.8 Å². The summed E-state index contributed by atoms with van der Waals surface area (Å²) in [6, 6.07) is 10.2. The van der Waals surface area contributed by atoms with E-state index in [4.69, 9.17) is 4.74 Å². The summed E-state index contributed by atoms with van der Waals surface area (Å²) in [5.41, 5.74) is 3.88. The summed E-state index contributed by atoms with van der Waals surface area (Å²) in [5, 5.41) is 10.8. The van der Waals surface area contributed by atoms with Crippen LogP contribution in [0.25, 0.3) is 0 Å². The Morgan fingerprint density at radius 3 is 3.00 bits per heavy atom. The zero-order valence-corrected chi connectivity index (χ0v) is 13.3. The minimum absolute atomic E-state index is 0.131. The van der Waals surface area contributed by atoms with Crippen molar-refractivity contribution in [2.45, 2.75) is 19.5 Å². The molecule has 6 heteroatoms. The number of benzene rings is 1. The molecule has 3 rings (SSSR count). The lowest BCUT2D eigenvalue weighted by Gasteiger charge is -2.15. The molecule has 0 aliphatic carbocycles. The molecule has 2 N–H and O–H groups in total. The molecule has 0 saturated carbocycles. The average molecular weight is 314 g/mol. The lowest BCUT2D eigenvalue weighted by atomic mass is 10.1. The van der Waals surface area contributed by atoms with Crippen LogP contribution in [0.3, 0.4) is 0 Å². The fourth-order valence-corrected chi connectivity index (χ4v) is 2.84. The normalized spacial score (nSPS) is 13.6. The Morgan fingerprint density at radius 1 is 1.39 bits per heavy atom. The summed E-state index contributed by atoms with van der Waals surface area (Å²) in [6.07, 6.45) is 0.889. The van der Waals surface area contributed by atoms with Gasteiger partial charge in [-0.3, -0.25) is 9.48 Å². The molecule has 6 nitrogen and oxygen atoms in total. The van der Waals surface area contributed by atoms with Gasteiger partial charge in [0.2, 0.25) is 0 Å². The van der Waals surface area contributed by atoms with Crippen LogP contribution in [0, 0.1) is 0 Å². The zero-order chi connectivity index (χ0) is 16.1. The summed E-state index contributed by atoms with van der Waals surface area (Å²) in [6.45, 7) is 3.28. The van der Waals surface area contributed by atoms with Gasteiger partial charge in [-0.1, -0.05) is 30.3 Å². The highest BCUT2D eigenvalue weighted by molar-refractivity contribution is 5.94. The Balaban J connectivity index is 1.84. The van der Waals surface area contributed by atoms with E-state index in [9.17, 15) is 4.79 Å². The van der Waals surface area contributed by atoms with Crippen molar-refractivity contribution in [2.24, 2.45) is 0 Å². The molecule has 0 unspecified atom stereocenters. The average Bonchev–Trinajstić information content (AvgIpc) is 2.95. The van der Waals surface area contributed by atoms with Gasteiger partial charge in [0.15, 0.2) is 5.69 Å². The monoisotopic (exact) mass is 314 g/mol. The number of nitrogens with one attached hydrogen (secondary N) is 2. The van der Waals surface area contributed by atoms with Gasteiger partial charge in [-0.05, 0) is 5.56 Å². The molecule has 2 aromatic rings. The maximum Gasteiger partial charge on any atom is 0.272 e.